The second-order valence-corrected chi connectivity index (χ2v) is 3.94. The van der Waals surface area contributed by atoms with Gasteiger partial charge in [0.1, 0.15) is 5.56 Å². The van der Waals surface area contributed by atoms with Gasteiger partial charge in [-0.25, -0.2) is 0 Å². The van der Waals surface area contributed by atoms with Gasteiger partial charge in [-0.15, -0.1) is 0 Å². The SMILES string of the molecule is CCC(C)Nc1ccc([N+](=O)[O-])c(C(F)(F)F)c1. The summed E-state index contributed by atoms with van der Waals surface area (Å²) in [7, 11) is 0. The molecule has 7 heteroatoms. The normalized spacial score (nSPS) is 13.2. The van der Waals surface area contributed by atoms with Crippen molar-refractivity contribution >= 4 is 11.4 Å². The predicted molar refractivity (Wildman–Crippen MR) is 61.5 cm³/mol. The predicted octanol–water partition coefficient (Wildman–Crippen LogP) is 3.82. The number of nitrogens with zero attached hydrogens (tertiary/aromatic N) is 1. The second-order valence-electron chi connectivity index (χ2n) is 3.94. The van der Waals surface area contributed by atoms with Crippen LogP contribution in [0.25, 0.3) is 0 Å². The van der Waals surface area contributed by atoms with E-state index in [9.17, 15) is 23.3 Å². The Labute approximate surface area is 102 Å². The number of halogens is 3. The quantitative estimate of drug-likeness (QED) is 0.662. The molecule has 0 aliphatic rings. The fourth-order valence-electron chi connectivity index (χ4n) is 1.40. The second kappa shape index (κ2) is 5.24. The fraction of sp³-hybridized carbons (Fsp3) is 0.455. The van der Waals surface area contributed by atoms with Gasteiger partial charge in [-0.3, -0.25) is 10.1 Å². The Morgan fingerprint density at radius 1 is 1.44 bits per heavy atom. The van der Waals surface area contributed by atoms with Crippen LogP contribution in [0.4, 0.5) is 24.5 Å². The smallest absolute Gasteiger partial charge is 0.383 e. The standard InChI is InChI=1S/C11H13F3N2O2/c1-3-7(2)15-8-4-5-10(16(17)18)9(6-8)11(12,13)14/h4-7,15H,3H2,1-2H3. The molecule has 0 aromatic heterocycles. The first kappa shape index (κ1) is 14.3. The summed E-state index contributed by atoms with van der Waals surface area (Å²) in [6.45, 7) is 3.70. The van der Waals surface area contributed by atoms with Crippen LogP contribution in [0.15, 0.2) is 18.2 Å². The number of alkyl halides is 3. The lowest BCUT2D eigenvalue weighted by molar-refractivity contribution is -0.388. The zero-order chi connectivity index (χ0) is 13.9. The number of anilines is 1. The highest BCUT2D eigenvalue weighted by molar-refractivity contribution is 5.55. The van der Waals surface area contributed by atoms with Crippen LogP contribution < -0.4 is 5.32 Å². The summed E-state index contributed by atoms with van der Waals surface area (Å²) in [5.41, 5.74) is -1.94. The van der Waals surface area contributed by atoms with Gasteiger partial charge in [0.15, 0.2) is 0 Å². The first-order valence-corrected chi connectivity index (χ1v) is 5.38. The van der Waals surface area contributed by atoms with Crippen molar-refractivity contribution < 1.29 is 18.1 Å². The van der Waals surface area contributed by atoms with E-state index in [1.54, 1.807) is 0 Å². The van der Waals surface area contributed by atoms with E-state index >= 15 is 0 Å². The molecular formula is C11H13F3N2O2. The van der Waals surface area contributed by atoms with E-state index in [4.69, 9.17) is 0 Å². The number of rotatable bonds is 4. The highest BCUT2D eigenvalue weighted by Gasteiger charge is 2.38. The maximum absolute atomic E-state index is 12.7. The largest absolute Gasteiger partial charge is 0.423 e. The average molecular weight is 262 g/mol. The maximum atomic E-state index is 12.7. The summed E-state index contributed by atoms with van der Waals surface area (Å²) in [5.74, 6) is 0. The van der Waals surface area contributed by atoms with E-state index in [0.29, 0.717) is 0 Å². The third kappa shape index (κ3) is 3.35. The van der Waals surface area contributed by atoms with E-state index in [0.717, 1.165) is 18.6 Å². The first-order valence-electron chi connectivity index (χ1n) is 5.38. The molecule has 1 N–H and O–H groups in total. The minimum Gasteiger partial charge on any atom is -0.383 e. The topological polar surface area (TPSA) is 55.2 Å². The van der Waals surface area contributed by atoms with Gasteiger partial charge in [0, 0.05) is 17.8 Å². The number of nitro groups is 1. The lowest BCUT2D eigenvalue weighted by Crippen LogP contribution is -2.15. The van der Waals surface area contributed by atoms with Crippen LogP contribution in [-0.4, -0.2) is 11.0 Å². The Bertz CT molecular complexity index is 446. The molecule has 100 valence electrons. The van der Waals surface area contributed by atoms with Crippen molar-refractivity contribution in [2.24, 2.45) is 0 Å². The Morgan fingerprint density at radius 3 is 2.50 bits per heavy atom. The van der Waals surface area contributed by atoms with Gasteiger partial charge in [0.2, 0.25) is 0 Å². The van der Waals surface area contributed by atoms with Crippen molar-refractivity contribution in [1.29, 1.82) is 0 Å². The summed E-state index contributed by atoms with van der Waals surface area (Å²) in [4.78, 5) is 9.51. The van der Waals surface area contributed by atoms with Crippen molar-refractivity contribution in [1.82, 2.24) is 0 Å². The van der Waals surface area contributed by atoms with Crippen molar-refractivity contribution in [2.45, 2.75) is 32.5 Å². The van der Waals surface area contributed by atoms with Crippen molar-refractivity contribution in [3.63, 3.8) is 0 Å². The Balaban J connectivity index is 3.18. The molecular weight excluding hydrogens is 249 g/mol. The minimum absolute atomic E-state index is 0.00691. The third-order valence-corrected chi connectivity index (χ3v) is 2.52. The van der Waals surface area contributed by atoms with Crippen LogP contribution in [0, 0.1) is 10.1 Å². The third-order valence-electron chi connectivity index (χ3n) is 2.52. The van der Waals surface area contributed by atoms with E-state index in [1.807, 2.05) is 13.8 Å². The summed E-state index contributed by atoms with van der Waals surface area (Å²) < 4.78 is 38.0. The minimum atomic E-state index is -4.74. The molecule has 4 nitrogen and oxygen atoms in total. The number of hydrogen-bond donors (Lipinski definition) is 1. The van der Waals surface area contributed by atoms with E-state index < -0.39 is 22.4 Å². The lowest BCUT2D eigenvalue weighted by Gasteiger charge is -2.15. The molecule has 0 aliphatic carbocycles. The van der Waals surface area contributed by atoms with Crippen LogP contribution in [-0.2, 0) is 6.18 Å². The molecule has 0 radical (unpaired) electrons. The monoisotopic (exact) mass is 262 g/mol. The van der Waals surface area contributed by atoms with Gasteiger partial charge in [-0.2, -0.15) is 13.2 Å². The Kier molecular flexibility index (Phi) is 4.15. The molecule has 0 heterocycles. The van der Waals surface area contributed by atoms with Crippen LogP contribution in [0.5, 0.6) is 0 Å². The molecule has 0 saturated carbocycles. The molecule has 1 rings (SSSR count). The number of benzene rings is 1. The van der Waals surface area contributed by atoms with Gasteiger partial charge in [0.25, 0.3) is 5.69 Å². The zero-order valence-corrected chi connectivity index (χ0v) is 9.91. The fourth-order valence-corrected chi connectivity index (χ4v) is 1.40. The van der Waals surface area contributed by atoms with E-state index in [1.165, 1.54) is 6.07 Å². The molecule has 1 aromatic carbocycles. The molecule has 0 bridgehead atoms. The van der Waals surface area contributed by atoms with Crippen molar-refractivity contribution in [3.05, 3.63) is 33.9 Å². The van der Waals surface area contributed by atoms with Gasteiger partial charge in [-0.1, -0.05) is 6.92 Å². The molecule has 1 atom stereocenters. The highest BCUT2D eigenvalue weighted by Crippen LogP contribution is 2.37. The number of hydrogen-bond acceptors (Lipinski definition) is 3. The van der Waals surface area contributed by atoms with Gasteiger partial charge in [-0.05, 0) is 25.5 Å². The summed E-state index contributed by atoms with van der Waals surface area (Å²) >= 11 is 0. The van der Waals surface area contributed by atoms with Crippen molar-refractivity contribution in [3.8, 4) is 0 Å². The van der Waals surface area contributed by atoms with E-state index in [-0.39, 0.29) is 11.7 Å². The maximum Gasteiger partial charge on any atom is 0.423 e. The summed E-state index contributed by atoms with van der Waals surface area (Å²) in [6, 6.07) is 2.91. The van der Waals surface area contributed by atoms with Crippen molar-refractivity contribution in [2.75, 3.05) is 5.32 Å². The molecule has 1 aromatic rings. The molecule has 0 fully saturated rings. The molecule has 0 aliphatic heterocycles. The Morgan fingerprint density at radius 2 is 2.06 bits per heavy atom. The Hall–Kier alpha value is -1.79. The van der Waals surface area contributed by atoms with Gasteiger partial charge in [0.05, 0.1) is 4.92 Å². The number of nitrogens with one attached hydrogen (secondary N) is 1. The average Bonchev–Trinajstić information content (AvgIpc) is 2.27. The van der Waals surface area contributed by atoms with E-state index in [2.05, 4.69) is 5.32 Å². The molecule has 0 saturated heterocycles. The molecule has 1 unspecified atom stereocenters. The molecule has 18 heavy (non-hydrogen) atoms. The highest BCUT2D eigenvalue weighted by atomic mass is 19.4. The summed E-state index contributed by atoms with van der Waals surface area (Å²) in [5, 5.41) is 13.4. The van der Waals surface area contributed by atoms with Crippen LogP contribution in [0.3, 0.4) is 0 Å². The lowest BCUT2D eigenvalue weighted by atomic mass is 10.1. The number of nitro benzene ring substituents is 1. The summed E-state index contributed by atoms with van der Waals surface area (Å²) in [6.07, 6.45) is -4.01. The van der Waals surface area contributed by atoms with Crippen LogP contribution in [0.2, 0.25) is 0 Å². The van der Waals surface area contributed by atoms with Gasteiger partial charge >= 0.3 is 6.18 Å². The molecule has 0 amide bonds. The molecule has 0 spiro atoms. The first-order chi connectivity index (χ1) is 8.25. The van der Waals surface area contributed by atoms with Gasteiger partial charge < -0.3 is 5.32 Å². The zero-order valence-electron chi connectivity index (χ0n) is 9.91. The van der Waals surface area contributed by atoms with Crippen LogP contribution in [0.1, 0.15) is 25.8 Å². The van der Waals surface area contributed by atoms with Crippen LogP contribution >= 0.6 is 0 Å².